The highest BCUT2D eigenvalue weighted by Gasteiger charge is 2.28. The van der Waals surface area contributed by atoms with Crippen molar-refractivity contribution >= 4 is 21.6 Å². The van der Waals surface area contributed by atoms with Crippen LogP contribution in [0.5, 0.6) is 0 Å². The number of rotatable bonds is 6. The van der Waals surface area contributed by atoms with Gasteiger partial charge in [0.1, 0.15) is 5.60 Å². The summed E-state index contributed by atoms with van der Waals surface area (Å²) in [6, 6.07) is 7.20. The Morgan fingerprint density at radius 3 is 2.61 bits per heavy atom. The molecule has 0 aromatic heterocycles. The van der Waals surface area contributed by atoms with Gasteiger partial charge in [0.2, 0.25) is 10.0 Å². The van der Waals surface area contributed by atoms with Crippen LogP contribution in [0.1, 0.15) is 19.4 Å². The first-order valence-electron chi connectivity index (χ1n) is 5.61. The molecule has 18 heavy (non-hydrogen) atoms. The van der Waals surface area contributed by atoms with Crippen molar-refractivity contribution in [2.45, 2.75) is 19.4 Å². The maximum atomic E-state index is 11.5. The van der Waals surface area contributed by atoms with E-state index < -0.39 is 15.6 Å². The number of benzene rings is 1. The lowest BCUT2D eigenvalue weighted by atomic mass is 9.96. The van der Waals surface area contributed by atoms with Crippen LogP contribution in [0.4, 0.5) is 0 Å². The average Bonchev–Trinajstić information content (AvgIpc) is 2.36. The lowest BCUT2D eigenvalue weighted by molar-refractivity contribution is 0.00700. The summed E-state index contributed by atoms with van der Waals surface area (Å²) in [5, 5.41) is 0.592. The lowest BCUT2D eigenvalue weighted by Gasteiger charge is -2.29. The first-order chi connectivity index (χ1) is 8.33. The molecule has 0 amide bonds. The van der Waals surface area contributed by atoms with Gasteiger partial charge in [0.25, 0.3) is 0 Å². The van der Waals surface area contributed by atoms with Gasteiger partial charge in [0, 0.05) is 18.7 Å². The number of hydrogen-bond acceptors (Lipinski definition) is 3. The summed E-state index contributed by atoms with van der Waals surface area (Å²) in [6.07, 6.45) is 0. The van der Waals surface area contributed by atoms with Gasteiger partial charge in [-0.15, -0.1) is 0 Å². The Kier molecular flexibility index (Phi) is 5.16. The molecule has 1 aromatic rings. The van der Waals surface area contributed by atoms with Gasteiger partial charge in [-0.1, -0.05) is 23.7 Å². The van der Waals surface area contributed by atoms with Crippen molar-refractivity contribution in [1.29, 1.82) is 0 Å². The van der Waals surface area contributed by atoms with Crippen molar-refractivity contribution in [2.24, 2.45) is 0 Å². The molecule has 0 radical (unpaired) electrons. The van der Waals surface area contributed by atoms with E-state index in [0.29, 0.717) is 5.02 Å². The molecule has 0 aliphatic heterocycles. The smallest absolute Gasteiger partial charge is 0.211 e. The summed E-state index contributed by atoms with van der Waals surface area (Å²) in [6.45, 7) is 3.57. The molecule has 4 nitrogen and oxygen atoms in total. The molecule has 0 spiro atoms. The monoisotopic (exact) mass is 291 g/mol. The summed E-state index contributed by atoms with van der Waals surface area (Å²) >= 11 is 5.93. The van der Waals surface area contributed by atoms with Gasteiger partial charge in [0.15, 0.2) is 0 Å². The molecule has 0 saturated heterocycles. The molecule has 6 heteroatoms. The van der Waals surface area contributed by atoms with Crippen molar-refractivity contribution in [1.82, 2.24) is 4.72 Å². The van der Waals surface area contributed by atoms with Gasteiger partial charge in [-0.05, 0) is 31.5 Å². The maximum absolute atomic E-state index is 11.5. The summed E-state index contributed by atoms with van der Waals surface area (Å²) in [5.74, 6) is 0.0440. The molecule has 0 heterocycles. The van der Waals surface area contributed by atoms with E-state index >= 15 is 0 Å². The minimum absolute atomic E-state index is 0.0440. The van der Waals surface area contributed by atoms with Crippen LogP contribution in [0, 0.1) is 0 Å². The Morgan fingerprint density at radius 1 is 1.44 bits per heavy atom. The highest BCUT2D eigenvalue weighted by molar-refractivity contribution is 7.89. The van der Waals surface area contributed by atoms with Crippen molar-refractivity contribution < 1.29 is 13.2 Å². The Bertz CT molecular complexity index is 504. The number of nitrogens with one attached hydrogen (secondary N) is 1. The predicted octanol–water partition coefficient (Wildman–Crippen LogP) is 2.14. The second-order valence-electron chi connectivity index (χ2n) is 4.17. The van der Waals surface area contributed by atoms with E-state index in [1.165, 1.54) is 0 Å². The van der Waals surface area contributed by atoms with E-state index in [-0.39, 0.29) is 12.3 Å². The first-order valence-corrected chi connectivity index (χ1v) is 7.64. The highest BCUT2D eigenvalue weighted by atomic mass is 35.5. The van der Waals surface area contributed by atoms with Crippen molar-refractivity contribution in [3.63, 3.8) is 0 Å². The van der Waals surface area contributed by atoms with Crippen LogP contribution in [-0.4, -0.2) is 27.8 Å². The Morgan fingerprint density at radius 2 is 2.11 bits per heavy atom. The summed E-state index contributed by atoms with van der Waals surface area (Å²) in [5.41, 5.74) is 0.0870. The van der Waals surface area contributed by atoms with Crippen LogP contribution >= 0.6 is 11.6 Å². The molecule has 0 saturated carbocycles. The van der Waals surface area contributed by atoms with Crippen molar-refractivity contribution in [2.75, 3.05) is 19.4 Å². The van der Waals surface area contributed by atoms with Crippen molar-refractivity contribution in [3.05, 3.63) is 34.9 Å². The third kappa shape index (κ3) is 3.95. The standard InChI is InChI=1S/C12H18ClNO3S/c1-4-18(15,16)14-9-12(2,17-3)10-6-5-7-11(13)8-10/h5-8,14H,4,9H2,1-3H3. The number of methoxy groups -OCH3 is 1. The minimum Gasteiger partial charge on any atom is -0.372 e. The third-order valence-electron chi connectivity index (χ3n) is 2.90. The highest BCUT2D eigenvalue weighted by Crippen LogP contribution is 2.26. The van der Waals surface area contributed by atoms with Crippen LogP contribution < -0.4 is 4.72 Å². The summed E-state index contributed by atoms with van der Waals surface area (Å²) in [4.78, 5) is 0. The number of ether oxygens (including phenoxy) is 1. The fourth-order valence-corrected chi connectivity index (χ4v) is 2.35. The molecule has 1 unspecified atom stereocenters. The zero-order valence-electron chi connectivity index (χ0n) is 10.7. The second kappa shape index (κ2) is 6.02. The van der Waals surface area contributed by atoms with Crippen LogP contribution in [0.25, 0.3) is 0 Å². The SMILES string of the molecule is CCS(=O)(=O)NCC(C)(OC)c1cccc(Cl)c1. The fourth-order valence-electron chi connectivity index (χ4n) is 1.46. The molecule has 0 bridgehead atoms. The van der Waals surface area contributed by atoms with Gasteiger partial charge in [-0.3, -0.25) is 0 Å². The Labute approximate surface area is 113 Å². The van der Waals surface area contributed by atoms with E-state index in [9.17, 15) is 8.42 Å². The van der Waals surface area contributed by atoms with Crippen LogP contribution in [0.15, 0.2) is 24.3 Å². The van der Waals surface area contributed by atoms with Crippen LogP contribution in [0.2, 0.25) is 5.02 Å². The topological polar surface area (TPSA) is 55.4 Å². The zero-order chi connectivity index (χ0) is 13.8. The predicted molar refractivity (Wildman–Crippen MR) is 73.3 cm³/mol. The van der Waals surface area contributed by atoms with Crippen LogP contribution in [0.3, 0.4) is 0 Å². The van der Waals surface area contributed by atoms with E-state index in [1.54, 1.807) is 26.2 Å². The van der Waals surface area contributed by atoms with E-state index in [0.717, 1.165) is 5.56 Å². The van der Waals surface area contributed by atoms with Gasteiger partial charge >= 0.3 is 0 Å². The second-order valence-corrected chi connectivity index (χ2v) is 6.70. The summed E-state index contributed by atoms with van der Waals surface area (Å²) in [7, 11) is -1.70. The van der Waals surface area contributed by atoms with E-state index in [4.69, 9.17) is 16.3 Å². The minimum atomic E-state index is -3.24. The third-order valence-corrected chi connectivity index (χ3v) is 4.47. The van der Waals surface area contributed by atoms with Gasteiger partial charge in [-0.2, -0.15) is 0 Å². The number of sulfonamides is 1. The van der Waals surface area contributed by atoms with Gasteiger partial charge in [0.05, 0.1) is 5.75 Å². The molecule has 1 atom stereocenters. The molecule has 102 valence electrons. The first kappa shape index (κ1) is 15.4. The quantitative estimate of drug-likeness (QED) is 0.874. The Balaban J connectivity index is 2.93. The zero-order valence-corrected chi connectivity index (χ0v) is 12.3. The molecular weight excluding hydrogens is 274 g/mol. The fraction of sp³-hybridized carbons (Fsp3) is 0.500. The van der Waals surface area contributed by atoms with Gasteiger partial charge in [-0.25, -0.2) is 13.1 Å². The van der Waals surface area contributed by atoms with E-state index in [1.807, 2.05) is 19.1 Å². The largest absolute Gasteiger partial charge is 0.372 e. The normalized spacial score (nSPS) is 15.3. The Hall–Kier alpha value is -0.620. The summed E-state index contributed by atoms with van der Waals surface area (Å²) < 4.78 is 30.9. The average molecular weight is 292 g/mol. The molecule has 1 rings (SSSR count). The molecule has 1 aromatic carbocycles. The molecule has 1 N–H and O–H groups in total. The molecule has 0 aliphatic carbocycles. The molecule has 0 fully saturated rings. The number of hydrogen-bond donors (Lipinski definition) is 1. The molecular formula is C12H18ClNO3S. The number of halogens is 1. The van der Waals surface area contributed by atoms with E-state index in [2.05, 4.69) is 4.72 Å². The lowest BCUT2D eigenvalue weighted by Crippen LogP contribution is -2.40. The van der Waals surface area contributed by atoms with Gasteiger partial charge < -0.3 is 4.74 Å². The molecule has 0 aliphatic rings. The maximum Gasteiger partial charge on any atom is 0.211 e. The van der Waals surface area contributed by atoms with Crippen molar-refractivity contribution in [3.8, 4) is 0 Å². The van der Waals surface area contributed by atoms with Crippen LogP contribution in [-0.2, 0) is 20.4 Å².